The molecule has 1 heterocycles. The van der Waals surface area contributed by atoms with E-state index in [2.05, 4.69) is 11.9 Å². The number of rotatable bonds is 7. The molecule has 2 unspecified atom stereocenters. The van der Waals surface area contributed by atoms with Crippen molar-refractivity contribution in [3.05, 3.63) is 30.1 Å². The Morgan fingerprint density at radius 3 is 2.75 bits per heavy atom. The van der Waals surface area contributed by atoms with Gasteiger partial charge in [-0.25, -0.2) is 0 Å². The first-order chi connectivity index (χ1) is 7.77. The third-order valence-corrected chi connectivity index (χ3v) is 2.60. The molecule has 2 N–H and O–H groups in total. The van der Waals surface area contributed by atoms with Crippen LogP contribution in [0.5, 0.6) is 0 Å². The zero-order valence-electron chi connectivity index (χ0n) is 10.2. The summed E-state index contributed by atoms with van der Waals surface area (Å²) in [7, 11) is 0. The average molecular weight is 222 g/mol. The van der Waals surface area contributed by atoms with Crippen LogP contribution in [0.25, 0.3) is 0 Å². The normalized spacial score (nSPS) is 14.7. The molecule has 3 nitrogen and oxygen atoms in total. The lowest BCUT2D eigenvalue weighted by Gasteiger charge is -2.23. The Balaban J connectivity index is 2.51. The number of nitrogens with zero attached hydrogens (tertiary/aromatic N) is 1. The van der Waals surface area contributed by atoms with Gasteiger partial charge in [-0.05, 0) is 25.5 Å². The van der Waals surface area contributed by atoms with E-state index in [1.807, 2.05) is 25.1 Å². The summed E-state index contributed by atoms with van der Waals surface area (Å²) in [6, 6.07) is 5.95. The van der Waals surface area contributed by atoms with Crippen molar-refractivity contribution in [3.8, 4) is 0 Å². The fraction of sp³-hybridized carbons (Fsp3) is 0.615. The van der Waals surface area contributed by atoms with Crippen LogP contribution in [0.1, 0.15) is 32.4 Å². The van der Waals surface area contributed by atoms with Crippen molar-refractivity contribution >= 4 is 0 Å². The monoisotopic (exact) mass is 222 g/mol. The summed E-state index contributed by atoms with van der Waals surface area (Å²) in [6.07, 6.45) is 4.85. The minimum atomic E-state index is 0.0369. The zero-order valence-corrected chi connectivity index (χ0v) is 10.2. The van der Waals surface area contributed by atoms with Gasteiger partial charge < -0.3 is 10.5 Å². The molecule has 0 saturated heterocycles. The third kappa shape index (κ3) is 4.29. The third-order valence-electron chi connectivity index (χ3n) is 2.60. The maximum absolute atomic E-state index is 6.16. The fourth-order valence-electron chi connectivity index (χ4n) is 1.81. The second kappa shape index (κ2) is 7.36. The SMILES string of the molecule is CCCC(OCC)C(N)Cc1ccccn1. The number of ether oxygens (including phenoxy) is 1. The Bertz CT molecular complexity index is 271. The van der Waals surface area contributed by atoms with Gasteiger partial charge in [-0.1, -0.05) is 19.4 Å². The van der Waals surface area contributed by atoms with Crippen LogP contribution in [-0.2, 0) is 11.2 Å². The van der Waals surface area contributed by atoms with Crippen molar-refractivity contribution in [2.75, 3.05) is 6.61 Å². The molecule has 0 aliphatic rings. The Kier molecular flexibility index (Phi) is 6.04. The molecular formula is C13H22N2O. The van der Waals surface area contributed by atoms with E-state index >= 15 is 0 Å². The van der Waals surface area contributed by atoms with Crippen LogP contribution in [0.4, 0.5) is 0 Å². The van der Waals surface area contributed by atoms with E-state index in [1.165, 1.54) is 0 Å². The zero-order chi connectivity index (χ0) is 11.8. The van der Waals surface area contributed by atoms with E-state index in [-0.39, 0.29) is 12.1 Å². The van der Waals surface area contributed by atoms with Crippen LogP contribution in [0, 0.1) is 0 Å². The van der Waals surface area contributed by atoms with Crippen molar-refractivity contribution in [3.63, 3.8) is 0 Å². The first kappa shape index (κ1) is 13.1. The average Bonchev–Trinajstić information content (AvgIpc) is 2.30. The molecule has 1 aromatic heterocycles. The van der Waals surface area contributed by atoms with E-state index in [9.17, 15) is 0 Å². The number of hydrogen-bond donors (Lipinski definition) is 1. The van der Waals surface area contributed by atoms with Gasteiger partial charge in [0.1, 0.15) is 0 Å². The van der Waals surface area contributed by atoms with Gasteiger partial charge in [0.15, 0.2) is 0 Å². The van der Waals surface area contributed by atoms with Crippen LogP contribution < -0.4 is 5.73 Å². The predicted molar refractivity (Wildman–Crippen MR) is 66.2 cm³/mol. The number of hydrogen-bond acceptors (Lipinski definition) is 3. The van der Waals surface area contributed by atoms with Gasteiger partial charge in [0.2, 0.25) is 0 Å². The molecule has 16 heavy (non-hydrogen) atoms. The van der Waals surface area contributed by atoms with Gasteiger partial charge in [0.05, 0.1) is 6.10 Å². The number of nitrogens with two attached hydrogens (primary N) is 1. The van der Waals surface area contributed by atoms with Gasteiger partial charge in [0.25, 0.3) is 0 Å². The maximum Gasteiger partial charge on any atom is 0.0729 e. The Hall–Kier alpha value is -0.930. The highest BCUT2D eigenvalue weighted by Crippen LogP contribution is 2.10. The van der Waals surface area contributed by atoms with Gasteiger partial charge >= 0.3 is 0 Å². The van der Waals surface area contributed by atoms with E-state index in [0.29, 0.717) is 0 Å². The second-order valence-corrected chi connectivity index (χ2v) is 3.97. The van der Waals surface area contributed by atoms with E-state index in [0.717, 1.165) is 31.6 Å². The van der Waals surface area contributed by atoms with Crippen molar-refractivity contribution in [1.29, 1.82) is 0 Å². The van der Waals surface area contributed by atoms with Gasteiger partial charge in [0, 0.05) is 31.0 Å². The summed E-state index contributed by atoms with van der Waals surface area (Å²) in [6.45, 7) is 4.89. The minimum absolute atomic E-state index is 0.0369. The first-order valence-electron chi connectivity index (χ1n) is 6.05. The molecular weight excluding hydrogens is 200 g/mol. The second-order valence-electron chi connectivity index (χ2n) is 3.97. The molecule has 0 aliphatic heterocycles. The largest absolute Gasteiger partial charge is 0.377 e. The van der Waals surface area contributed by atoms with Crippen LogP contribution in [0.15, 0.2) is 24.4 Å². The number of pyridine rings is 1. The Labute approximate surface area is 98.0 Å². The summed E-state index contributed by atoms with van der Waals surface area (Å²) in [5, 5.41) is 0. The molecule has 0 amide bonds. The van der Waals surface area contributed by atoms with Crippen LogP contribution in [-0.4, -0.2) is 23.7 Å². The highest BCUT2D eigenvalue weighted by molar-refractivity contribution is 5.05. The minimum Gasteiger partial charge on any atom is -0.377 e. The molecule has 0 fully saturated rings. The summed E-state index contributed by atoms with van der Waals surface area (Å²) in [4.78, 5) is 4.29. The molecule has 0 saturated carbocycles. The van der Waals surface area contributed by atoms with Crippen molar-refractivity contribution in [1.82, 2.24) is 4.98 Å². The number of aromatic nitrogens is 1. The molecule has 0 radical (unpaired) electrons. The van der Waals surface area contributed by atoms with E-state index < -0.39 is 0 Å². The highest BCUT2D eigenvalue weighted by atomic mass is 16.5. The summed E-state index contributed by atoms with van der Waals surface area (Å²) < 4.78 is 5.66. The molecule has 0 aromatic carbocycles. The molecule has 1 aromatic rings. The molecule has 0 aliphatic carbocycles. The maximum atomic E-state index is 6.16. The Morgan fingerprint density at radius 2 is 2.19 bits per heavy atom. The first-order valence-corrected chi connectivity index (χ1v) is 6.05. The van der Waals surface area contributed by atoms with Crippen LogP contribution >= 0.6 is 0 Å². The van der Waals surface area contributed by atoms with E-state index in [4.69, 9.17) is 10.5 Å². The summed E-state index contributed by atoms with van der Waals surface area (Å²) >= 11 is 0. The molecule has 90 valence electrons. The molecule has 2 atom stereocenters. The lowest BCUT2D eigenvalue weighted by atomic mass is 10.0. The van der Waals surface area contributed by atoms with Gasteiger partial charge in [-0.2, -0.15) is 0 Å². The topological polar surface area (TPSA) is 48.1 Å². The van der Waals surface area contributed by atoms with Crippen LogP contribution in [0.2, 0.25) is 0 Å². The lowest BCUT2D eigenvalue weighted by Crippen LogP contribution is -2.38. The fourth-order valence-corrected chi connectivity index (χ4v) is 1.81. The summed E-state index contributed by atoms with van der Waals surface area (Å²) in [5.41, 5.74) is 7.19. The predicted octanol–water partition coefficient (Wildman–Crippen LogP) is 2.16. The molecule has 3 heteroatoms. The smallest absolute Gasteiger partial charge is 0.0729 e. The Morgan fingerprint density at radius 1 is 1.38 bits per heavy atom. The summed E-state index contributed by atoms with van der Waals surface area (Å²) in [5.74, 6) is 0. The molecule has 1 rings (SSSR count). The highest BCUT2D eigenvalue weighted by Gasteiger charge is 2.17. The van der Waals surface area contributed by atoms with Crippen molar-refractivity contribution < 1.29 is 4.74 Å². The van der Waals surface area contributed by atoms with Gasteiger partial charge in [-0.15, -0.1) is 0 Å². The van der Waals surface area contributed by atoms with Crippen molar-refractivity contribution in [2.45, 2.75) is 45.3 Å². The van der Waals surface area contributed by atoms with Gasteiger partial charge in [-0.3, -0.25) is 4.98 Å². The quantitative estimate of drug-likeness (QED) is 0.769. The van der Waals surface area contributed by atoms with E-state index in [1.54, 1.807) is 6.20 Å². The molecule has 0 spiro atoms. The standard InChI is InChI=1S/C13H22N2O/c1-3-7-13(16-4-2)12(14)10-11-8-5-6-9-15-11/h5-6,8-9,12-13H,3-4,7,10,14H2,1-2H3. The van der Waals surface area contributed by atoms with Crippen molar-refractivity contribution in [2.24, 2.45) is 5.73 Å². The van der Waals surface area contributed by atoms with Crippen LogP contribution in [0.3, 0.4) is 0 Å². The lowest BCUT2D eigenvalue weighted by molar-refractivity contribution is 0.0376. The molecule has 0 bridgehead atoms.